The zero-order valence-corrected chi connectivity index (χ0v) is 29.8. The molecule has 51 heavy (non-hydrogen) atoms. The van der Waals surface area contributed by atoms with Crippen LogP contribution in [-0.2, 0) is 19.6 Å². The van der Waals surface area contributed by atoms with Crippen molar-refractivity contribution in [2.75, 3.05) is 30.9 Å². The standard InChI is InChI=1S/C36H46N10O5/c1-6-9-15-50-28-20-23(32(37)47)18-25-30(28)44(35(39-5)40-25)13-11-12-14-45-31-26(19-24(33(38)48)21-29(31)51-16-10-7-2)41-36(45)42-34(49)27-17-22(4)43-46(27)8-3/h11-12,17-21H,6-10,13-16H2,1-5H3,(H2,37,47)(H2,38,48)(H,39,40)(H,41,42,49)/b12-11+. The van der Waals surface area contributed by atoms with Gasteiger partial charge in [0.05, 0.1) is 29.9 Å². The molecule has 5 rings (SSSR count). The summed E-state index contributed by atoms with van der Waals surface area (Å²) in [5.41, 5.74) is 15.3. The van der Waals surface area contributed by atoms with E-state index in [0.29, 0.717) is 77.3 Å². The third-order valence-electron chi connectivity index (χ3n) is 8.32. The Morgan fingerprint density at radius 2 is 1.29 bits per heavy atom. The normalized spacial score (nSPS) is 11.5. The summed E-state index contributed by atoms with van der Waals surface area (Å²) in [5, 5.41) is 10.5. The largest absolute Gasteiger partial charge is 0.491 e. The second-order valence-corrected chi connectivity index (χ2v) is 12.1. The molecule has 0 bridgehead atoms. The van der Waals surface area contributed by atoms with Crippen LogP contribution in [0.3, 0.4) is 0 Å². The number of nitrogens with zero attached hydrogens (tertiary/aromatic N) is 6. The van der Waals surface area contributed by atoms with Gasteiger partial charge in [-0.25, -0.2) is 9.97 Å². The van der Waals surface area contributed by atoms with E-state index in [2.05, 4.69) is 29.6 Å². The number of aromatic nitrogens is 6. The first-order chi connectivity index (χ1) is 24.6. The zero-order chi connectivity index (χ0) is 36.7. The number of unbranched alkanes of at least 4 members (excludes halogenated alkanes) is 2. The van der Waals surface area contributed by atoms with Crippen molar-refractivity contribution in [1.29, 1.82) is 0 Å². The number of allylic oxidation sites excluding steroid dienone is 2. The number of rotatable bonds is 18. The molecule has 0 atom stereocenters. The molecule has 0 aliphatic heterocycles. The van der Waals surface area contributed by atoms with Crippen LogP contribution in [0.1, 0.15) is 83.4 Å². The van der Waals surface area contributed by atoms with E-state index in [4.69, 9.17) is 30.9 Å². The van der Waals surface area contributed by atoms with E-state index < -0.39 is 11.8 Å². The summed E-state index contributed by atoms with van der Waals surface area (Å²) >= 11 is 0. The Morgan fingerprint density at radius 1 is 0.784 bits per heavy atom. The number of imidazole rings is 2. The van der Waals surface area contributed by atoms with Crippen molar-refractivity contribution in [2.24, 2.45) is 11.5 Å². The van der Waals surface area contributed by atoms with Gasteiger partial charge in [-0.15, -0.1) is 0 Å². The second-order valence-electron chi connectivity index (χ2n) is 12.1. The third kappa shape index (κ3) is 7.97. The minimum atomic E-state index is -0.617. The van der Waals surface area contributed by atoms with Crippen molar-refractivity contribution in [3.8, 4) is 11.5 Å². The van der Waals surface area contributed by atoms with Crippen LogP contribution in [0.2, 0.25) is 0 Å². The smallest absolute Gasteiger partial charge is 0.276 e. The maximum atomic E-state index is 13.6. The van der Waals surface area contributed by atoms with Gasteiger partial charge in [-0.05, 0) is 57.0 Å². The van der Waals surface area contributed by atoms with Gasteiger partial charge in [-0.2, -0.15) is 5.10 Å². The number of ether oxygens (including phenoxy) is 2. The van der Waals surface area contributed by atoms with Crippen LogP contribution in [-0.4, -0.2) is 66.9 Å². The maximum absolute atomic E-state index is 13.6. The number of benzene rings is 2. The minimum Gasteiger partial charge on any atom is -0.491 e. The molecule has 3 heterocycles. The summed E-state index contributed by atoms with van der Waals surface area (Å²) in [7, 11) is 1.77. The fraction of sp³-hybridized carbons (Fsp3) is 0.389. The first-order valence-corrected chi connectivity index (χ1v) is 17.2. The molecule has 0 aliphatic carbocycles. The number of amides is 3. The highest BCUT2D eigenvalue weighted by atomic mass is 16.5. The summed E-state index contributed by atoms with van der Waals surface area (Å²) in [6.07, 6.45) is 7.42. The molecule has 5 aromatic rings. The number of nitrogens with two attached hydrogens (primary N) is 2. The molecular formula is C36H46N10O5. The Kier molecular flexibility index (Phi) is 11.6. The summed E-state index contributed by atoms with van der Waals surface area (Å²) in [4.78, 5) is 47.4. The van der Waals surface area contributed by atoms with Crippen LogP contribution in [0.15, 0.2) is 42.5 Å². The Hall–Kier alpha value is -5.86. The summed E-state index contributed by atoms with van der Waals surface area (Å²) in [6, 6.07) is 8.24. The number of hydrogen-bond donors (Lipinski definition) is 4. The van der Waals surface area contributed by atoms with Crippen LogP contribution in [0.5, 0.6) is 11.5 Å². The molecule has 0 unspecified atom stereocenters. The molecular weight excluding hydrogens is 652 g/mol. The van der Waals surface area contributed by atoms with E-state index in [1.54, 1.807) is 42.1 Å². The van der Waals surface area contributed by atoms with Gasteiger partial charge in [-0.3, -0.25) is 24.4 Å². The predicted octanol–water partition coefficient (Wildman–Crippen LogP) is 5.02. The minimum absolute atomic E-state index is 0.245. The van der Waals surface area contributed by atoms with Gasteiger partial charge in [-0.1, -0.05) is 38.8 Å². The lowest BCUT2D eigenvalue weighted by Gasteiger charge is -2.13. The molecule has 0 saturated heterocycles. The molecule has 15 nitrogen and oxygen atoms in total. The quantitative estimate of drug-likeness (QED) is 0.0717. The lowest BCUT2D eigenvalue weighted by Crippen LogP contribution is -2.20. The molecule has 0 saturated carbocycles. The fourth-order valence-corrected chi connectivity index (χ4v) is 5.75. The average molecular weight is 699 g/mol. The highest BCUT2D eigenvalue weighted by Crippen LogP contribution is 2.33. The number of carbonyl (C=O) groups excluding carboxylic acids is 3. The molecule has 0 spiro atoms. The van der Waals surface area contributed by atoms with Gasteiger partial charge in [0.15, 0.2) is 0 Å². The Bertz CT molecular complexity index is 2090. The number of primary amides is 2. The van der Waals surface area contributed by atoms with Gasteiger partial charge in [0.2, 0.25) is 23.7 Å². The highest BCUT2D eigenvalue weighted by Gasteiger charge is 2.22. The van der Waals surface area contributed by atoms with Crippen LogP contribution in [0, 0.1) is 6.92 Å². The van der Waals surface area contributed by atoms with Crippen molar-refractivity contribution in [3.05, 3.63) is 65.0 Å². The number of aryl methyl sites for hydroxylation is 2. The number of fused-ring (bicyclic) bond motifs is 2. The molecule has 3 amide bonds. The van der Waals surface area contributed by atoms with E-state index in [1.165, 1.54) is 0 Å². The number of nitrogens with one attached hydrogen (secondary N) is 2. The predicted molar refractivity (Wildman–Crippen MR) is 197 cm³/mol. The number of carbonyl (C=O) groups is 3. The molecule has 0 aliphatic rings. The van der Waals surface area contributed by atoms with Gasteiger partial charge >= 0.3 is 0 Å². The molecule has 6 N–H and O–H groups in total. The monoisotopic (exact) mass is 698 g/mol. The van der Waals surface area contributed by atoms with Gasteiger partial charge < -0.3 is 35.4 Å². The van der Waals surface area contributed by atoms with E-state index in [0.717, 1.165) is 31.2 Å². The summed E-state index contributed by atoms with van der Waals surface area (Å²) in [6.45, 7) is 9.96. The SMILES string of the molecule is CCCCOc1cc(C(N)=O)cc2nc(NC)n(C/C=C/Cn3c(NC(=O)c4cc(C)nn4CC)nc4cc(C(N)=O)cc(OCCCC)c43)c12. The topological polar surface area (TPSA) is 199 Å². The molecule has 3 aromatic heterocycles. The van der Waals surface area contributed by atoms with Crippen molar-refractivity contribution in [2.45, 2.75) is 73.0 Å². The number of hydrogen-bond acceptors (Lipinski definition) is 9. The van der Waals surface area contributed by atoms with Crippen LogP contribution >= 0.6 is 0 Å². The zero-order valence-electron chi connectivity index (χ0n) is 29.8. The first-order valence-electron chi connectivity index (χ1n) is 17.2. The summed E-state index contributed by atoms with van der Waals surface area (Å²) in [5.74, 6) is 0.225. The fourth-order valence-electron chi connectivity index (χ4n) is 5.75. The van der Waals surface area contributed by atoms with Crippen molar-refractivity contribution < 1.29 is 23.9 Å². The maximum Gasteiger partial charge on any atom is 0.276 e. The van der Waals surface area contributed by atoms with Crippen molar-refractivity contribution in [3.63, 3.8) is 0 Å². The Labute approximate surface area is 296 Å². The van der Waals surface area contributed by atoms with E-state index in [1.807, 2.05) is 35.1 Å². The van der Waals surface area contributed by atoms with E-state index in [9.17, 15) is 14.4 Å². The van der Waals surface area contributed by atoms with Crippen LogP contribution < -0.4 is 31.6 Å². The molecule has 0 fully saturated rings. The van der Waals surface area contributed by atoms with Gasteiger partial charge in [0, 0.05) is 37.8 Å². The third-order valence-corrected chi connectivity index (χ3v) is 8.32. The highest BCUT2D eigenvalue weighted by molar-refractivity contribution is 6.04. The lowest BCUT2D eigenvalue weighted by molar-refractivity contribution is 0.0991. The Morgan fingerprint density at radius 3 is 1.76 bits per heavy atom. The van der Waals surface area contributed by atoms with Crippen molar-refractivity contribution in [1.82, 2.24) is 28.9 Å². The first kappa shape index (κ1) is 36.4. The Balaban J connectivity index is 1.55. The molecule has 0 radical (unpaired) electrons. The van der Waals surface area contributed by atoms with Crippen molar-refractivity contribution >= 4 is 51.7 Å². The van der Waals surface area contributed by atoms with E-state index in [-0.39, 0.29) is 24.0 Å². The number of anilines is 2. The molecule has 2 aromatic carbocycles. The van der Waals surface area contributed by atoms with Gasteiger partial charge in [0.25, 0.3) is 5.91 Å². The van der Waals surface area contributed by atoms with Gasteiger partial charge in [0.1, 0.15) is 28.2 Å². The molecule has 15 heteroatoms. The summed E-state index contributed by atoms with van der Waals surface area (Å²) < 4.78 is 17.7. The average Bonchev–Trinajstić information content (AvgIpc) is 3.78. The second kappa shape index (κ2) is 16.2. The lowest BCUT2D eigenvalue weighted by atomic mass is 10.1. The molecule has 270 valence electrons. The van der Waals surface area contributed by atoms with E-state index >= 15 is 0 Å². The van der Waals surface area contributed by atoms with Crippen LogP contribution in [0.4, 0.5) is 11.9 Å². The van der Waals surface area contributed by atoms with Crippen LogP contribution in [0.25, 0.3) is 22.1 Å².